The molecule has 1 atom stereocenters. The normalized spacial score (nSPS) is 21.2. The highest BCUT2D eigenvalue weighted by atomic mass is 32.1. The van der Waals surface area contributed by atoms with E-state index in [1.807, 2.05) is 11.3 Å². The maximum atomic E-state index is 10.4. The number of aliphatic carboxylic acids is 1. The molecule has 1 aliphatic heterocycles. The third-order valence-electron chi connectivity index (χ3n) is 3.00. The lowest BCUT2D eigenvalue weighted by Gasteiger charge is -2.32. The van der Waals surface area contributed by atoms with E-state index in [2.05, 4.69) is 23.3 Å². The van der Waals surface area contributed by atoms with Gasteiger partial charge < -0.3 is 5.11 Å². The molecule has 0 fully saturated rings. The molecule has 1 aromatic heterocycles. The van der Waals surface area contributed by atoms with Crippen molar-refractivity contribution in [1.29, 1.82) is 0 Å². The zero-order chi connectivity index (χ0) is 11.5. The lowest BCUT2D eigenvalue weighted by atomic mass is 10.0. The Morgan fingerprint density at radius 1 is 1.75 bits per heavy atom. The SMILES string of the molecule is CC1c2ccsc2CCN1CC=CC(=O)O. The van der Waals surface area contributed by atoms with E-state index < -0.39 is 5.97 Å². The molecule has 0 radical (unpaired) electrons. The largest absolute Gasteiger partial charge is 0.478 e. The molecular weight excluding hydrogens is 222 g/mol. The molecule has 1 N–H and O–H groups in total. The van der Waals surface area contributed by atoms with Crippen LogP contribution in [-0.2, 0) is 11.2 Å². The first-order valence-corrected chi connectivity index (χ1v) is 6.26. The van der Waals surface area contributed by atoms with Crippen molar-refractivity contribution in [2.45, 2.75) is 19.4 Å². The number of rotatable bonds is 3. The zero-order valence-electron chi connectivity index (χ0n) is 9.22. The van der Waals surface area contributed by atoms with Crippen LogP contribution >= 0.6 is 11.3 Å². The van der Waals surface area contributed by atoms with E-state index in [1.165, 1.54) is 16.5 Å². The van der Waals surface area contributed by atoms with Gasteiger partial charge in [-0.25, -0.2) is 4.79 Å². The molecule has 0 bridgehead atoms. The fourth-order valence-electron chi connectivity index (χ4n) is 2.10. The van der Waals surface area contributed by atoms with E-state index >= 15 is 0 Å². The molecule has 16 heavy (non-hydrogen) atoms. The highest BCUT2D eigenvalue weighted by Crippen LogP contribution is 2.32. The Kier molecular flexibility index (Phi) is 3.41. The maximum absolute atomic E-state index is 10.4. The summed E-state index contributed by atoms with van der Waals surface area (Å²) in [6.45, 7) is 3.90. The summed E-state index contributed by atoms with van der Waals surface area (Å²) in [5, 5.41) is 10.7. The van der Waals surface area contributed by atoms with Gasteiger partial charge in [0, 0.05) is 30.1 Å². The molecule has 0 aromatic carbocycles. The highest BCUT2D eigenvalue weighted by molar-refractivity contribution is 7.10. The molecule has 3 nitrogen and oxygen atoms in total. The molecular formula is C12H15NO2S. The minimum absolute atomic E-state index is 0.397. The number of carbonyl (C=O) groups is 1. The van der Waals surface area contributed by atoms with Crippen molar-refractivity contribution < 1.29 is 9.90 Å². The summed E-state index contributed by atoms with van der Waals surface area (Å²) in [6.07, 6.45) is 4.02. The number of carboxylic acids is 1. The van der Waals surface area contributed by atoms with Crippen LogP contribution in [0, 0.1) is 0 Å². The van der Waals surface area contributed by atoms with E-state index in [1.54, 1.807) is 6.08 Å². The van der Waals surface area contributed by atoms with Gasteiger partial charge in [-0.2, -0.15) is 0 Å². The fraction of sp³-hybridized carbons (Fsp3) is 0.417. The number of nitrogens with zero attached hydrogens (tertiary/aromatic N) is 1. The van der Waals surface area contributed by atoms with E-state index in [9.17, 15) is 4.79 Å². The van der Waals surface area contributed by atoms with Crippen molar-refractivity contribution in [3.8, 4) is 0 Å². The Morgan fingerprint density at radius 2 is 2.56 bits per heavy atom. The van der Waals surface area contributed by atoms with Gasteiger partial charge in [0.1, 0.15) is 0 Å². The summed E-state index contributed by atoms with van der Waals surface area (Å²) in [6, 6.07) is 2.58. The summed E-state index contributed by atoms with van der Waals surface area (Å²) < 4.78 is 0. The van der Waals surface area contributed by atoms with Crippen LogP contribution in [0.1, 0.15) is 23.4 Å². The van der Waals surface area contributed by atoms with Gasteiger partial charge in [-0.15, -0.1) is 11.3 Å². The van der Waals surface area contributed by atoms with Crippen molar-refractivity contribution in [3.05, 3.63) is 34.0 Å². The van der Waals surface area contributed by atoms with Gasteiger partial charge in [0.15, 0.2) is 0 Å². The number of carboxylic acid groups (broad SMARTS) is 1. The highest BCUT2D eigenvalue weighted by Gasteiger charge is 2.23. The number of thiophene rings is 1. The first kappa shape index (κ1) is 11.4. The second-order valence-corrected chi connectivity index (χ2v) is 4.96. The van der Waals surface area contributed by atoms with Crippen molar-refractivity contribution in [2.24, 2.45) is 0 Å². The Balaban J connectivity index is 2.02. The van der Waals surface area contributed by atoms with Gasteiger partial charge in [-0.3, -0.25) is 4.90 Å². The topological polar surface area (TPSA) is 40.5 Å². The van der Waals surface area contributed by atoms with Gasteiger partial charge >= 0.3 is 5.97 Å². The van der Waals surface area contributed by atoms with Gasteiger partial charge in [-0.05, 0) is 30.4 Å². The van der Waals surface area contributed by atoms with E-state index in [0.717, 1.165) is 13.0 Å². The minimum Gasteiger partial charge on any atom is -0.478 e. The van der Waals surface area contributed by atoms with Gasteiger partial charge in [0.25, 0.3) is 0 Å². The first-order valence-electron chi connectivity index (χ1n) is 5.38. The molecule has 4 heteroatoms. The predicted octanol–water partition coefficient (Wildman–Crippen LogP) is 2.31. The van der Waals surface area contributed by atoms with Crippen LogP contribution in [0.25, 0.3) is 0 Å². The quantitative estimate of drug-likeness (QED) is 0.820. The van der Waals surface area contributed by atoms with Gasteiger partial charge in [0.2, 0.25) is 0 Å². The number of hydrogen-bond acceptors (Lipinski definition) is 3. The van der Waals surface area contributed by atoms with Crippen molar-refractivity contribution >= 4 is 17.3 Å². The molecule has 0 aliphatic carbocycles. The maximum Gasteiger partial charge on any atom is 0.328 e. The summed E-state index contributed by atoms with van der Waals surface area (Å²) in [5.41, 5.74) is 1.40. The van der Waals surface area contributed by atoms with Crippen molar-refractivity contribution in [3.63, 3.8) is 0 Å². The minimum atomic E-state index is -0.874. The molecule has 2 rings (SSSR count). The molecule has 0 amide bonds. The average molecular weight is 237 g/mol. The molecule has 1 unspecified atom stereocenters. The van der Waals surface area contributed by atoms with E-state index in [-0.39, 0.29) is 0 Å². The van der Waals surface area contributed by atoms with Crippen LogP contribution < -0.4 is 0 Å². The monoisotopic (exact) mass is 237 g/mol. The molecule has 0 spiro atoms. The van der Waals surface area contributed by atoms with Gasteiger partial charge in [0.05, 0.1) is 0 Å². The second-order valence-electron chi connectivity index (χ2n) is 3.96. The van der Waals surface area contributed by atoms with Crippen LogP contribution in [0.2, 0.25) is 0 Å². The standard InChI is InChI=1S/C12H15NO2S/c1-9-10-5-8-16-11(10)4-7-13(9)6-2-3-12(14)15/h2-3,5,8-9H,4,6-7H2,1H3,(H,14,15). The Hall–Kier alpha value is -1.13. The summed E-state index contributed by atoms with van der Waals surface area (Å²) in [7, 11) is 0. The van der Waals surface area contributed by atoms with Crippen LogP contribution in [0.5, 0.6) is 0 Å². The van der Waals surface area contributed by atoms with Gasteiger partial charge in [-0.1, -0.05) is 6.08 Å². The second kappa shape index (κ2) is 4.80. The lowest BCUT2D eigenvalue weighted by molar-refractivity contribution is -0.131. The summed E-state index contributed by atoms with van der Waals surface area (Å²) in [4.78, 5) is 14.2. The van der Waals surface area contributed by atoms with Crippen LogP contribution in [0.15, 0.2) is 23.6 Å². The number of hydrogen-bond donors (Lipinski definition) is 1. The molecule has 2 heterocycles. The Bertz CT molecular complexity index is 411. The van der Waals surface area contributed by atoms with Crippen LogP contribution in [-0.4, -0.2) is 29.1 Å². The zero-order valence-corrected chi connectivity index (χ0v) is 10.0. The third-order valence-corrected chi connectivity index (χ3v) is 4.00. The fourth-order valence-corrected chi connectivity index (χ4v) is 3.06. The smallest absolute Gasteiger partial charge is 0.328 e. The predicted molar refractivity (Wildman–Crippen MR) is 64.8 cm³/mol. The third kappa shape index (κ3) is 2.33. The first-order chi connectivity index (χ1) is 7.68. The average Bonchev–Trinajstić information content (AvgIpc) is 2.69. The number of fused-ring (bicyclic) bond motifs is 1. The van der Waals surface area contributed by atoms with E-state index in [0.29, 0.717) is 12.6 Å². The van der Waals surface area contributed by atoms with Crippen molar-refractivity contribution in [1.82, 2.24) is 4.90 Å². The van der Waals surface area contributed by atoms with Crippen molar-refractivity contribution in [2.75, 3.05) is 13.1 Å². The summed E-state index contributed by atoms with van der Waals surface area (Å²) in [5.74, 6) is -0.874. The molecule has 86 valence electrons. The molecule has 1 aliphatic rings. The van der Waals surface area contributed by atoms with E-state index in [4.69, 9.17) is 5.11 Å². The molecule has 1 aromatic rings. The van der Waals surface area contributed by atoms with Crippen LogP contribution in [0.4, 0.5) is 0 Å². The molecule has 0 saturated heterocycles. The van der Waals surface area contributed by atoms with Crippen LogP contribution in [0.3, 0.4) is 0 Å². The molecule has 0 saturated carbocycles. The lowest BCUT2D eigenvalue weighted by Crippen LogP contribution is -2.33. The summed E-state index contributed by atoms with van der Waals surface area (Å²) >= 11 is 1.82. The Labute approximate surface area is 99.0 Å². The Morgan fingerprint density at radius 3 is 3.31 bits per heavy atom.